The highest BCUT2D eigenvalue weighted by atomic mass is 32.1. The second kappa shape index (κ2) is 10.2. The summed E-state index contributed by atoms with van der Waals surface area (Å²) in [7, 11) is 4.72. The Labute approximate surface area is 208 Å². The summed E-state index contributed by atoms with van der Waals surface area (Å²) in [6.45, 7) is 3.99. The van der Waals surface area contributed by atoms with Crippen molar-refractivity contribution in [3.05, 3.63) is 53.4 Å². The van der Waals surface area contributed by atoms with Crippen LogP contribution in [0, 0.1) is 0 Å². The van der Waals surface area contributed by atoms with Gasteiger partial charge in [0.1, 0.15) is 9.71 Å². The molecule has 1 unspecified atom stereocenters. The molecule has 2 aromatic carbocycles. The minimum atomic E-state index is -0.197. The molecule has 8 heteroatoms. The largest absolute Gasteiger partial charge is 0.493 e. The first-order chi connectivity index (χ1) is 16.9. The van der Waals surface area contributed by atoms with Crippen molar-refractivity contribution in [1.82, 2.24) is 10.3 Å². The molecule has 0 saturated heterocycles. The summed E-state index contributed by atoms with van der Waals surface area (Å²) in [6.07, 6.45) is 0.823. The molecule has 1 atom stereocenters. The van der Waals surface area contributed by atoms with Gasteiger partial charge in [-0.1, -0.05) is 37.3 Å². The van der Waals surface area contributed by atoms with Crippen molar-refractivity contribution >= 4 is 33.1 Å². The fourth-order valence-corrected chi connectivity index (χ4v) is 4.93. The summed E-state index contributed by atoms with van der Waals surface area (Å²) in [5.74, 6) is 1.35. The molecule has 3 N–H and O–H groups in total. The van der Waals surface area contributed by atoms with Crippen LogP contribution < -0.4 is 25.3 Å². The Hall–Kier alpha value is -3.78. The molecule has 7 nitrogen and oxygen atoms in total. The smallest absolute Gasteiger partial charge is 0.263 e. The van der Waals surface area contributed by atoms with Crippen LogP contribution in [0.15, 0.2) is 48.5 Å². The molecular formula is C27H29N3O4S. The molecule has 0 radical (unpaired) electrons. The predicted octanol–water partition coefficient (Wildman–Crippen LogP) is 5.77. The van der Waals surface area contributed by atoms with E-state index in [0.29, 0.717) is 32.6 Å². The van der Waals surface area contributed by atoms with Crippen molar-refractivity contribution in [2.45, 2.75) is 26.3 Å². The summed E-state index contributed by atoms with van der Waals surface area (Å²) in [5.41, 5.74) is 10.4. The Morgan fingerprint density at radius 3 is 2.26 bits per heavy atom. The van der Waals surface area contributed by atoms with Crippen LogP contribution in [0.2, 0.25) is 0 Å². The topological polar surface area (TPSA) is 95.7 Å². The Kier molecular flexibility index (Phi) is 7.12. The molecule has 4 rings (SSSR count). The molecule has 2 aromatic heterocycles. The number of methoxy groups -OCH3 is 3. The Balaban J connectivity index is 2.00. The van der Waals surface area contributed by atoms with Gasteiger partial charge in [-0.25, -0.2) is 4.98 Å². The maximum absolute atomic E-state index is 13.0. The van der Waals surface area contributed by atoms with Crippen molar-refractivity contribution in [3.63, 3.8) is 0 Å². The van der Waals surface area contributed by atoms with Crippen molar-refractivity contribution < 1.29 is 19.0 Å². The number of thiophene rings is 1. The zero-order valence-corrected chi connectivity index (χ0v) is 21.3. The number of nitrogens with two attached hydrogens (primary N) is 1. The summed E-state index contributed by atoms with van der Waals surface area (Å²) in [4.78, 5) is 19.0. The highest BCUT2D eigenvalue weighted by Gasteiger charge is 2.24. The quantitative estimate of drug-likeness (QED) is 0.325. The number of nitrogen functional groups attached to an aromatic ring is 1. The molecule has 0 aliphatic carbocycles. The number of nitrogens with zero attached hydrogens (tertiary/aromatic N) is 1. The van der Waals surface area contributed by atoms with E-state index in [-0.39, 0.29) is 11.9 Å². The number of anilines is 1. The van der Waals surface area contributed by atoms with Crippen molar-refractivity contribution in [2.24, 2.45) is 0 Å². The molecule has 182 valence electrons. The van der Waals surface area contributed by atoms with Crippen LogP contribution in [0.25, 0.3) is 32.6 Å². The highest BCUT2D eigenvalue weighted by Crippen LogP contribution is 2.46. The number of pyridine rings is 1. The van der Waals surface area contributed by atoms with Crippen LogP contribution in [-0.4, -0.2) is 38.3 Å². The molecule has 0 saturated carbocycles. The van der Waals surface area contributed by atoms with E-state index in [1.807, 2.05) is 62.4 Å². The SMILES string of the molecule is CCC(C)NC(=O)c1sc2nc(-c3ccccc3)cc(-c3cc(OC)c(OC)c(OC)c3)c2c1N. The summed E-state index contributed by atoms with van der Waals surface area (Å²) < 4.78 is 16.7. The Morgan fingerprint density at radius 1 is 1.03 bits per heavy atom. The van der Waals surface area contributed by atoms with Crippen LogP contribution in [0.5, 0.6) is 17.2 Å². The molecule has 0 aliphatic heterocycles. The number of hydrogen-bond donors (Lipinski definition) is 2. The zero-order chi connectivity index (χ0) is 25.1. The molecule has 4 aromatic rings. The summed E-state index contributed by atoms with van der Waals surface area (Å²) >= 11 is 1.29. The Bertz CT molecular complexity index is 1340. The van der Waals surface area contributed by atoms with E-state index in [2.05, 4.69) is 5.32 Å². The molecule has 2 heterocycles. The minimum Gasteiger partial charge on any atom is -0.493 e. The van der Waals surface area contributed by atoms with Crippen molar-refractivity contribution in [3.8, 4) is 39.6 Å². The number of fused-ring (bicyclic) bond motifs is 1. The normalized spacial score (nSPS) is 11.8. The van der Waals surface area contributed by atoms with Gasteiger partial charge < -0.3 is 25.3 Å². The first kappa shape index (κ1) is 24.3. The van der Waals surface area contributed by atoms with Gasteiger partial charge in [0.25, 0.3) is 5.91 Å². The lowest BCUT2D eigenvalue weighted by molar-refractivity contribution is 0.0944. The van der Waals surface area contributed by atoms with Gasteiger partial charge in [0, 0.05) is 17.0 Å². The summed E-state index contributed by atoms with van der Waals surface area (Å²) in [6, 6.07) is 15.7. The second-order valence-electron chi connectivity index (χ2n) is 8.14. The van der Waals surface area contributed by atoms with E-state index in [0.717, 1.165) is 34.2 Å². The number of rotatable bonds is 8. The van der Waals surface area contributed by atoms with Gasteiger partial charge in [-0.15, -0.1) is 11.3 Å². The molecule has 0 spiro atoms. The van der Waals surface area contributed by atoms with Crippen LogP contribution in [-0.2, 0) is 0 Å². The van der Waals surface area contributed by atoms with E-state index in [1.165, 1.54) is 11.3 Å². The van der Waals surface area contributed by atoms with Gasteiger partial charge in [-0.05, 0) is 42.7 Å². The number of amides is 1. The number of carbonyl (C=O) groups is 1. The van der Waals surface area contributed by atoms with E-state index in [4.69, 9.17) is 24.9 Å². The molecule has 0 fully saturated rings. The standard InChI is InChI=1S/C27H29N3O4S/c1-6-15(2)29-26(31)25-23(28)22-18(17-12-20(32-3)24(34-5)21(13-17)33-4)14-19(30-27(22)35-25)16-10-8-7-9-11-16/h7-15H,6,28H2,1-5H3,(H,29,31). The lowest BCUT2D eigenvalue weighted by Gasteiger charge is -2.15. The lowest BCUT2D eigenvalue weighted by atomic mass is 9.98. The number of ether oxygens (including phenoxy) is 3. The molecule has 0 bridgehead atoms. The average molecular weight is 492 g/mol. The highest BCUT2D eigenvalue weighted by molar-refractivity contribution is 7.21. The first-order valence-electron chi connectivity index (χ1n) is 11.3. The van der Waals surface area contributed by atoms with Crippen LogP contribution >= 0.6 is 11.3 Å². The maximum atomic E-state index is 13.0. The fourth-order valence-electron chi connectivity index (χ4n) is 3.90. The predicted molar refractivity (Wildman–Crippen MR) is 142 cm³/mol. The van der Waals surface area contributed by atoms with Gasteiger partial charge >= 0.3 is 0 Å². The van der Waals surface area contributed by atoms with E-state index in [9.17, 15) is 4.79 Å². The van der Waals surface area contributed by atoms with Gasteiger partial charge in [-0.3, -0.25) is 4.79 Å². The minimum absolute atomic E-state index is 0.0366. The molecule has 1 amide bonds. The lowest BCUT2D eigenvalue weighted by Crippen LogP contribution is -2.31. The van der Waals surface area contributed by atoms with Gasteiger partial charge in [0.15, 0.2) is 11.5 Å². The first-order valence-corrected chi connectivity index (χ1v) is 12.1. The third kappa shape index (κ3) is 4.61. The molecule has 0 aliphatic rings. The van der Waals surface area contributed by atoms with E-state index in [1.54, 1.807) is 21.3 Å². The third-order valence-corrected chi connectivity index (χ3v) is 7.04. The number of carbonyl (C=O) groups excluding carboxylic acids is 1. The summed E-state index contributed by atoms with van der Waals surface area (Å²) in [5, 5.41) is 3.73. The molecular weight excluding hydrogens is 462 g/mol. The van der Waals surface area contributed by atoms with Crippen LogP contribution in [0.1, 0.15) is 29.9 Å². The van der Waals surface area contributed by atoms with Crippen molar-refractivity contribution in [1.29, 1.82) is 0 Å². The zero-order valence-electron chi connectivity index (χ0n) is 20.5. The number of aromatic nitrogens is 1. The van der Waals surface area contributed by atoms with Crippen molar-refractivity contribution in [2.75, 3.05) is 27.1 Å². The van der Waals surface area contributed by atoms with Gasteiger partial charge in [0.2, 0.25) is 5.75 Å². The third-order valence-electron chi connectivity index (χ3n) is 5.94. The van der Waals surface area contributed by atoms with Crippen LogP contribution in [0.4, 0.5) is 5.69 Å². The monoisotopic (exact) mass is 491 g/mol. The number of nitrogens with one attached hydrogen (secondary N) is 1. The maximum Gasteiger partial charge on any atom is 0.263 e. The fraction of sp³-hybridized carbons (Fsp3) is 0.259. The number of benzene rings is 2. The van der Waals surface area contributed by atoms with E-state index >= 15 is 0 Å². The van der Waals surface area contributed by atoms with Gasteiger partial charge in [-0.2, -0.15) is 0 Å². The van der Waals surface area contributed by atoms with Gasteiger partial charge in [0.05, 0.1) is 32.7 Å². The molecule has 35 heavy (non-hydrogen) atoms. The number of hydrogen-bond acceptors (Lipinski definition) is 7. The van der Waals surface area contributed by atoms with E-state index < -0.39 is 0 Å². The second-order valence-corrected chi connectivity index (χ2v) is 9.14. The van der Waals surface area contributed by atoms with Crippen LogP contribution in [0.3, 0.4) is 0 Å². The Morgan fingerprint density at radius 2 is 1.69 bits per heavy atom. The average Bonchev–Trinajstić information content (AvgIpc) is 3.23.